The lowest BCUT2D eigenvalue weighted by Crippen LogP contribution is -2.37. The van der Waals surface area contributed by atoms with E-state index in [-0.39, 0.29) is 6.04 Å². The second kappa shape index (κ2) is 5.32. The van der Waals surface area contributed by atoms with Crippen LogP contribution in [-0.2, 0) is 6.42 Å². The monoisotopic (exact) mass is 231 g/mol. The van der Waals surface area contributed by atoms with Crippen molar-refractivity contribution in [3.8, 4) is 0 Å². The topological polar surface area (TPSA) is 50.4 Å². The van der Waals surface area contributed by atoms with Crippen LogP contribution in [0.2, 0.25) is 0 Å². The van der Waals surface area contributed by atoms with Crippen molar-refractivity contribution < 1.29 is 0 Å². The van der Waals surface area contributed by atoms with Gasteiger partial charge in [0.1, 0.15) is 5.84 Å². The average Bonchev–Trinajstić information content (AvgIpc) is 2.35. The second-order valence-corrected chi connectivity index (χ2v) is 4.90. The Morgan fingerprint density at radius 3 is 2.88 bits per heavy atom. The molecule has 1 aromatic carbocycles. The zero-order chi connectivity index (χ0) is 12.3. The molecule has 0 amide bonds. The second-order valence-electron chi connectivity index (χ2n) is 4.90. The third-order valence-corrected chi connectivity index (χ3v) is 3.24. The Morgan fingerprint density at radius 1 is 1.41 bits per heavy atom. The summed E-state index contributed by atoms with van der Waals surface area (Å²) in [6, 6.07) is 8.89. The van der Waals surface area contributed by atoms with Crippen LogP contribution < -0.4 is 11.3 Å². The largest absolute Gasteiger partial charge is 0.312 e. The molecular weight excluding hydrogens is 210 g/mol. The average molecular weight is 231 g/mol. The van der Waals surface area contributed by atoms with Gasteiger partial charge in [-0.25, -0.2) is 5.84 Å². The minimum absolute atomic E-state index is 0.273. The van der Waals surface area contributed by atoms with Crippen LogP contribution >= 0.6 is 0 Å². The van der Waals surface area contributed by atoms with Gasteiger partial charge in [0, 0.05) is 12.0 Å². The molecule has 0 fully saturated rings. The minimum atomic E-state index is 0.273. The van der Waals surface area contributed by atoms with Crippen LogP contribution in [0.5, 0.6) is 0 Å². The van der Waals surface area contributed by atoms with Crippen molar-refractivity contribution in [1.29, 1.82) is 0 Å². The maximum Gasteiger partial charge on any atom is 0.118 e. The third-order valence-electron chi connectivity index (χ3n) is 3.24. The number of nitrogens with zero attached hydrogens (tertiary/aromatic N) is 1. The molecule has 0 heterocycles. The van der Waals surface area contributed by atoms with E-state index in [1.54, 1.807) is 0 Å². The molecule has 2 rings (SSSR count). The minimum Gasteiger partial charge on any atom is -0.312 e. The van der Waals surface area contributed by atoms with Crippen molar-refractivity contribution >= 4 is 5.84 Å². The van der Waals surface area contributed by atoms with E-state index in [4.69, 9.17) is 5.84 Å². The lowest BCUT2D eigenvalue weighted by atomic mass is 9.82. The molecule has 0 aliphatic heterocycles. The Hall–Kier alpha value is -1.35. The molecule has 1 aromatic rings. The van der Waals surface area contributed by atoms with Gasteiger partial charge in [0.15, 0.2) is 0 Å². The van der Waals surface area contributed by atoms with E-state index < -0.39 is 0 Å². The normalized spacial score (nSPS) is 20.2. The smallest absolute Gasteiger partial charge is 0.118 e. The van der Waals surface area contributed by atoms with Crippen LogP contribution in [0.15, 0.2) is 29.3 Å². The summed E-state index contributed by atoms with van der Waals surface area (Å²) in [4.78, 5) is 4.60. The molecule has 0 saturated heterocycles. The van der Waals surface area contributed by atoms with E-state index in [1.165, 1.54) is 24.0 Å². The summed E-state index contributed by atoms with van der Waals surface area (Å²) in [6.07, 6.45) is 3.51. The van der Waals surface area contributed by atoms with Gasteiger partial charge in [0.05, 0.1) is 0 Å². The van der Waals surface area contributed by atoms with Crippen LogP contribution in [0, 0.1) is 0 Å². The molecule has 1 aliphatic rings. The summed E-state index contributed by atoms with van der Waals surface area (Å²) in [6.45, 7) is 4.15. The number of amidine groups is 1. The summed E-state index contributed by atoms with van der Waals surface area (Å²) in [5.41, 5.74) is 5.62. The van der Waals surface area contributed by atoms with Gasteiger partial charge in [-0.15, -0.1) is 0 Å². The molecular formula is C14H21N3. The van der Waals surface area contributed by atoms with E-state index in [0.717, 1.165) is 12.3 Å². The van der Waals surface area contributed by atoms with Gasteiger partial charge in [0.2, 0.25) is 0 Å². The number of nitrogens with one attached hydrogen (secondary N) is 1. The number of aliphatic imine (C=N–C) groups is 1. The highest BCUT2D eigenvalue weighted by atomic mass is 15.3. The van der Waals surface area contributed by atoms with Crippen molar-refractivity contribution in [1.82, 2.24) is 5.43 Å². The Morgan fingerprint density at radius 2 is 2.18 bits per heavy atom. The first-order chi connectivity index (χ1) is 8.22. The predicted octanol–water partition coefficient (Wildman–Crippen LogP) is 2.38. The highest BCUT2D eigenvalue weighted by Crippen LogP contribution is 2.31. The third kappa shape index (κ3) is 2.67. The lowest BCUT2D eigenvalue weighted by molar-refractivity contribution is 0.630. The molecule has 1 unspecified atom stereocenters. The van der Waals surface area contributed by atoms with Crippen molar-refractivity contribution in [3.05, 3.63) is 35.4 Å². The fraction of sp³-hybridized carbons (Fsp3) is 0.500. The maximum absolute atomic E-state index is 5.63. The van der Waals surface area contributed by atoms with Crippen LogP contribution in [0.3, 0.4) is 0 Å². The predicted molar refractivity (Wildman–Crippen MR) is 72.0 cm³/mol. The number of nitrogens with two attached hydrogens (primary N) is 1. The maximum atomic E-state index is 5.63. The van der Waals surface area contributed by atoms with Gasteiger partial charge in [-0.05, 0) is 44.2 Å². The molecule has 0 spiro atoms. The summed E-state index contributed by atoms with van der Waals surface area (Å²) < 4.78 is 0. The molecule has 92 valence electrons. The van der Waals surface area contributed by atoms with Gasteiger partial charge >= 0.3 is 0 Å². The zero-order valence-corrected chi connectivity index (χ0v) is 10.6. The fourth-order valence-electron chi connectivity index (χ4n) is 2.54. The van der Waals surface area contributed by atoms with Crippen LogP contribution in [0.25, 0.3) is 0 Å². The number of rotatable bonds is 2. The molecule has 1 aliphatic carbocycles. The summed E-state index contributed by atoms with van der Waals surface area (Å²) >= 11 is 0. The van der Waals surface area contributed by atoms with Gasteiger partial charge in [0.25, 0.3) is 0 Å². The Bertz CT molecular complexity index is 410. The van der Waals surface area contributed by atoms with E-state index >= 15 is 0 Å². The first-order valence-electron chi connectivity index (χ1n) is 6.34. The Kier molecular flexibility index (Phi) is 3.79. The van der Waals surface area contributed by atoms with E-state index in [2.05, 4.69) is 48.5 Å². The summed E-state index contributed by atoms with van der Waals surface area (Å²) in [5.74, 6) is 6.89. The molecule has 0 saturated carbocycles. The Labute approximate surface area is 103 Å². The zero-order valence-electron chi connectivity index (χ0n) is 10.6. The number of fused-ring (bicyclic) bond motifs is 1. The molecule has 3 N–H and O–H groups in total. The first-order valence-corrected chi connectivity index (χ1v) is 6.34. The molecule has 0 bridgehead atoms. The summed E-state index contributed by atoms with van der Waals surface area (Å²) in [7, 11) is 0. The number of benzene rings is 1. The number of hydrogen-bond acceptors (Lipinski definition) is 2. The van der Waals surface area contributed by atoms with Gasteiger partial charge in [-0.1, -0.05) is 24.3 Å². The van der Waals surface area contributed by atoms with Gasteiger partial charge in [-0.3, -0.25) is 4.99 Å². The van der Waals surface area contributed by atoms with Crippen molar-refractivity contribution in [2.24, 2.45) is 10.8 Å². The van der Waals surface area contributed by atoms with Gasteiger partial charge < -0.3 is 5.43 Å². The highest BCUT2D eigenvalue weighted by molar-refractivity contribution is 5.89. The van der Waals surface area contributed by atoms with E-state index in [0.29, 0.717) is 5.92 Å². The molecule has 3 heteroatoms. The quantitative estimate of drug-likeness (QED) is 0.355. The van der Waals surface area contributed by atoms with Crippen molar-refractivity contribution in [2.75, 3.05) is 0 Å². The molecule has 3 nitrogen and oxygen atoms in total. The van der Waals surface area contributed by atoms with Crippen molar-refractivity contribution in [2.45, 2.75) is 45.1 Å². The fourth-order valence-corrected chi connectivity index (χ4v) is 2.54. The lowest BCUT2D eigenvalue weighted by Gasteiger charge is -2.26. The molecule has 0 radical (unpaired) electrons. The molecule has 0 aromatic heterocycles. The van der Waals surface area contributed by atoms with Gasteiger partial charge in [-0.2, -0.15) is 0 Å². The molecule has 17 heavy (non-hydrogen) atoms. The van der Waals surface area contributed by atoms with Crippen LogP contribution in [-0.4, -0.2) is 11.9 Å². The summed E-state index contributed by atoms with van der Waals surface area (Å²) in [5, 5.41) is 0. The highest BCUT2D eigenvalue weighted by Gasteiger charge is 2.24. The Balaban J connectivity index is 2.34. The van der Waals surface area contributed by atoms with E-state index in [9.17, 15) is 0 Å². The van der Waals surface area contributed by atoms with E-state index in [1.807, 2.05) is 0 Å². The van der Waals surface area contributed by atoms with Crippen molar-refractivity contribution in [3.63, 3.8) is 0 Å². The number of hydrazine groups is 1. The molecule has 1 atom stereocenters. The first kappa shape index (κ1) is 12.1. The SMILES string of the molecule is CC(C)N=C(NN)C1CCCc2ccccc21. The van der Waals surface area contributed by atoms with Crippen LogP contribution in [0.1, 0.15) is 43.7 Å². The number of aryl methyl sites for hydroxylation is 1. The van der Waals surface area contributed by atoms with Crippen LogP contribution in [0.4, 0.5) is 0 Å². The number of hydrogen-bond donors (Lipinski definition) is 2. The standard InChI is InChI=1S/C14H21N3/c1-10(2)16-14(17-15)13-9-5-7-11-6-3-4-8-12(11)13/h3-4,6,8,10,13H,5,7,9,15H2,1-2H3,(H,16,17).